The first kappa shape index (κ1) is 20.4. The molecule has 4 saturated carbocycles. The number of rotatable bonds is 4. The molecule has 4 heteroatoms. The topological polar surface area (TPSA) is 74.6 Å². The van der Waals surface area contributed by atoms with E-state index in [1.165, 1.54) is 6.42 Å². The summed E-state index contributed by atoms with van der Waals surface area (Å²) in [5, 5.41) is 19.3. The molecule has 4 fully saturated rings. The molecule has 0 aliphatic heterocycles. The van der Waals surface area contributed by atoms with Gasteiger partial charge in [0.25, 0.3) is 0 Å². The Kier molecular flexibility index (Phi) is 5.17. The highest BCUT2D eigenvalue weighted by atomic mass is 16.4. The minimum atomic E-state index is -0.698. The van der Waals surface area contributed by atoms with Crippen molar-refractivity contribution in [3.63, 3.8) is 0 Å². The Bertz CT molecular complexity index is 645. The third kappa shape index (κ3) is 3.05. The van der Waals surface area contributed by atoms with Crippen molar-refractivity contribution in [2.75, 3.05) is 0 Å². The van der Waals surface area contributed by atoms with Crippen LogP contribution in [0.5, 0.6) is 0 Å². The molecular weight excluding hydrogens is 352 g/mol. The van der Waals surface area contributed by atoms with Crippen LogP contribution in [-0.4, -0.2) is 28.1 Å². The molecule has 2 N–H and O–H groups in total. The van der Waals surface area contributed by atoms with Gasteiger partial charge in [0.2, 0.25) is 0 Å². The summed E-state index contributed by atoms with van der Waals surface area (Å²) in [5.74, 6) is 2.25. The summed E-state index contributed by atoms with van der Waals surface area (Å²) in [7, 11) is 0. The summed E-state index contributed by atoms with van der Waals surface area (Å²) in [4.78, 5) is 24.4. The second-order valence-electron chi connectivity index (χ2n) is 11.2. The standard InChI is InChI=1S/C24H38O4/c1-14(4-7-21(27)28)17-5-6-18-22-19(9-11-24(17,18)3)23(2)10-8-16(25)12-15(23)13-20(22)26/h14-19,22,25H,4-13H2,1-3H3,(H,27,28)/t14-,15+,16+,17-,18+,19-,22+,23+,24-/m1/s1. The van der Waals surface area contributed by atoms with Gasteiger partial charge in [0.1, 0.15) is 5.78 Å². The Labute approximate surface area is 169 Å². The first-order valence-electron chi connectivity index (χ1n) is 11.6. The third-order valence-electron chi connectivity index (χ3n) is 10.0. The van der Waals surface area contributed by atoms with Crippen molar-refractivity contribution in [2.24, 2.45) is 46.3 Å². The van der Waals surface area contributed by atoms with E-state index in [4.69, 9.17) is 5.11 Å². The quantitative estimate of drug-likeness (QED) is 0.730. The summed E-state index contributed by atoms with van der Waals surface area (Å²) >= 11 is 0. The van der Waals surface area contributed by atoms with Gasteiger partial charge in [0.15, 0.2) is 0 Å². The van der Waals surface area contributed by atoms with Gasteiger partial charge in [-0.1, -0.05) is 20.8 Å². The van der Waals surface area contributed by atoms with Gasteiger partial charge in [0, 0.05) is 18.8 Å². The molecule has 4 nitrogen and oxygen atoms in total. The lowest BCUT2D eigenvalue weighted by molar-refractivity contribution is -0.160. The molecule has 28 heavy (non-hydrogen) atoms. The molecule has 0 radical (unpaired) electrons. The molecule has 0 aromatic carbocycles. The summed E-state index contributed by atoms with van der Waals surface area (Å²) < 4.78 is 0. The summed E-state index contributed by atoms with van der Waals surface area (Å²) in [5.41, 5.74) is 0.401. The van der Waals surface area contributed by atoms with E-state index in [0.717, 1.165) is 44.9 Å². The molecule has 0 spiro atoms. The van der Waals surface area contributed by atoms with Gasteiger partial charge in [-0.25, -0.2) is 0 Å². The van der Waals surface area contributed by atoms with Gasteiger partial charge in [0.05, 0.1) is 6.10 Å². The Morgan fingerprint density at radius 2 is 1.79 bits per heavy atom. The smallest absolute Gasteiger partial charge is 0.303 e. The van der Waals surface area contributed by atoms with E-state index in [1.54, 1.807) is 0 Å². The highest BCUT2D eigenvalue weighted by molar-refractivity contribution is 5.83. The number of aliphatic hydroxyl groups is 1. The molecule has 0 heterocycles. The lowest BCUT2D eigenvalue weighted by Gasteiger charge is -2.60. The number of aliphatic hydroxyl groups excluding tert-OH is 1. The zero-order valence-corrected chi connectivity index (χ0v) is 17.8. The first-order chi connectivity index (χ1) is 13.2. The van der Waals surface area contributed by atoms with Crippen LogP contribution in [0, 0.1) is 46.3 Å². The molecule has 4 aliphatic rings. The number of carbonyl (C=O) groups is 2. The highest BCUT2D eigenvalue weighted by Crippen LogP contribution is 2.67. The molecule has 0 saturated heterocycles. The van der Waals surface area contributed by atoms with E-state index in [2.05, 4.69) is 20.8 Å². The molecule has 0 amide bonds. The van der Waals surface area contributed by atoms with E-state index < -0.39 is 5.97 Å². The van der Waals surface area contributed by atoms with Crippen molar-refractivity contribution >= 4 is 11.8 Å². The van der Waals surface area contributed by atoms with Crippen molar-refractivity contribution in [1.82, 2.24) is 0 Å². The molecule has 0 aromatic rings. The van der Waals surface area contributed by atoms with Crippen LogP contribution in [0.2, 0.25) is 0 Å². The van der Waals surface area contributed by atoms with Crippen molar-refractivity contribution in [3.05, 3.63) is 0 Å². The number of carboxylic acids is 1. The second-order valence-corrected chi connectivity index (χ2v) is 11.2. The number of ketones is 1. The van der Waals surface area contributed by atoms with Crippen LogP contribution in [0.4, 0.5) is 0 Å². The van der Waals surface area contributed by atoms with Crippen LogP contribution in [0.25, 0.3) is 0 Å². The monoisotopic (exact) mass is 390 g/mol. The van der Waals surface area contributed by atoms with E-state index in [9.17, 15) is 14.7 Å². The number of hydrogen-bond acceptors (Lipinski definition) is 3. The zero-order chi connectivity index (χ0) is 20.3. The molecule has 4 aliphatic carbocycles. The minimum absolute atomic E-state index is 0.187. The van der Waals surface area contributed by atoms with Crippen LogP contribution in [0.3, 0.4) is 0 Å². The number of carboxylic acid groups (broad SMARTS) is 1. The molecule has 4 rings (SSSR count). The minimum Gasteiger partial charge on any atom is -0.481 e. The fourth-order valence-corrected chi connectivity index (χ4v) is 8.44. The van der Waals surface area contributed by atoms with Crippen molar-refractivity contribution in [3.8, 4) is 0 Å². The van der Waals surface area contributed by atoms with Crippen molar-refractivity contribution < 1.29 is 19.8 Å². The van der Waals surface area contributed by atoms with Gasteiger partial charge < -0.3 is 10.2 Å². The molecule has 9 atom stereocenters. The predicted octanol–water partition coefficient (Wildman–Crippen LogP) is 4.69. The Morgan fingerprint density at radius 3 is 2.50 bits per heavy atom. The normalized spacial score (nSPS) is 49.1. The predicted molar refractivity (Wildman–Crippen MR) is 108 cm³/mol. The van der Waals surface area contributed by atoms with Crippen molar-refractivity contribution in [1.29, 1.82) is 0 Å². The Hall–Kier alpha value is -0.900. The number of Topliss-reactive ketones (excluding diaryl/α,β-unsaturated/α-hetero) is 1. The lowest BCUT2D eigenvalue weighted by atomic mass is 9.44. The van der Waals surface area contributed by atoms with E-state index in [-0.39, 0.29) is 29.3 Å². The zero-order valence-electron chi connectivity index (χ0n) is 17.8. The average Bonchev–Trinajstić information content (AvgIpc) is 2.98. The van der Waals surface area contributed by atoms with Crippen molar-refractivity contribution in [2.45, 2.75) is 91.1 Å². The maximum Gasteiger partial charge on any atom is 0.303 e. The van der Waals surface area contributed by atoms with Gasteiger partial charge in [-0.05, 0) is 91.8 Å². The maximum absolute atomic E-state index is 13.3. The molecule has 158 valence electrons. The largest absolute Gasteiger partial charge is 0.481 e. The number of fused-ring (bicyclic) bond motifs is 5. The number of hydrogen-bond donors (Lipinski definition) is 2. The van der Waals surface area contributed by atoms with Crippen LogP contribution >= 0.6 is 0 Å². The molecular formula is C24H38O4. The SMILES string of the molecule is C[C@H](CCC(=O)O)[C@H]1CC[C@H]2[C@@H]3C(=O)C[C@@H]4C[C@@H](O)CC[C@]4(C)[C@@H]3CC[C@]12C. The summed E-state index contributed by atoms with van der Waals surface area (Å²) in [6.07, 6.45) is 8.81. The average molecular weight is 391 g/mol. The van der Waals surface area contributed by atoms with Crippen LogP contribution < -0.4 is 0 Å². The van der Waals surface area contributed by atoms with Gasteiger partial charge >= 0.3 is 5.97 Å². The van der Waals surface area contributed by atoms with Gasteiger partial charge in [-0.2, -0.15) is 0 Å². The molecule has 0 unspecified atom stereocenters. The van der Waals surface area contributed by atoms with Gasteiger partial charge in [-0.3, -0.25) is 9.59 Å². The summed E-state index contributed by atoms with van der Waals surface area (Å²) in [6.45, 7) is 7.06. The Balaban J connectivity index is 1.56. The van der Waals surface area contributed by atoms with E-state index in [1.807, 2.05) is 0 Å². The first-order valence-corrected chi connectivity index (χ1v) is 11.6. The lowest BCUT2D eigenvalue weighted by Crippen LogP contribution is -2.57. The van der Waals surface area contributed by atoms with Crippen LogP contribution in [-0.2, 0) is 9.59 Å². The van der Waals surface area contributed by atoms with Gasteiger partial charge in [-0.15, -0.1) is 0 Å². The fourth-order valence-electron chi connectivity index (χ4n) is 8.44. The van der Waals surface area contributed by atoms with Crippen LogP contribution in [0.15, 0.2) is 0 Å². The maximum atomic E-state index is 13.3. The highest BCUT2D eigenvalue weighted by Gasteiger charge is 2.62. The van der Waals surface area contributed by atoms with E-state index >= 15 is 0 Å². The Morgan fingerprint density at radius 1 is 1.11 bits per heavy atom. The molecule has 0 aromatic heterocycles. The summed E-state index contributed by atoms with van der Waals surface area (Å²) in [6, 6.07) is 0. The third-order valence-corrected chi connectivity index (χ3v) is 10.0. The fraction of sp³-hybridized carbons (Fsp3) is 0.917. The number of carbonyl (C=O) groups excluding carboxylic acids is 1. The van der Waals surface area contributed by atoms with E-state index in [0.29, 0.717) is 41.8 Å². The molecule has 0 bridgehead atoms. The number of aliphatic carboxylic acids is 1. The van der Waals surface area contributed by atoms with Crippen LogP contribution in [0.1, 0.15) is 85.0 Å². The second kappa shape index (κ2) is 7.11.